The van der Waals surface area contributed by atoms with Crippen LogP contribution in [-0.4, -0.2) is 50.7 Å². The highest BCUT2D eigenvalue weighted by Gasteiger charge is 2.18. The average molecular weight is 434 g/mol. The standard InChI is InChI=1S/C18H19N5O2S3/c24-14(23-9-5-1-2-6-10-23)11-26-18-22-21-17(28-18)20-15(25)16-19-12-7-3-4-8-13(12)27-16/h3-4,7-8H,1-2,5-6,9-11H2,(H,20,21,25). The van der Waals surface area contributed by atoms with Crippen LogP contribution in [0.3, 0.4) is 0 Å². The van der Waals surface area contributed by atoms with Gasteiger partial charge in [-0.1, -0.05) is 48.1 Å². The van der Waals surface area contributed by atoms with Gasteiger partial charge in [0, 0.05) is 13.1 Å². The van der Waals surface area contributed by atoms with Crippen LogP contribution in [0, 0.1) is 0 Å². The van der Waals surface area contributed by atoms with Gasteiger partial charge in [0.1, 0.15) is 0 Å². The van der Waals surface area contributed by atoms with Crippen LogP contribution in [0.5, 0.6) is 0 Å². The van der Waals surface area contributed by atoms with E-state index in [4.69, 9.17) is 0 Å². The highest BCUT2D eigenvalue weighted by Crippen LogP contribution is 2.27. The van der Waals surface area contributed by atoms with Gasteiger partial charge in [-0.15, -0.1) is 21.5 Å². The summed E-state index contributed by atoms with van der Waals surface area (Å²) in [5.74, 6) is 0.192. The first-order valence-corrected chi connectivity index (χ1v) is 11.7. The number of hydrogen-bond acceptors (Lipinski definition) is 8. The summed E-state index contributed by atoms with van der Waals surface area (Å²) in [6.45, 7) is 1.69. The Bertz CT molecular complexity index is 945. The summed E-state index contributed by atoms with van der Waals surface area (Å²) < 4.78 is 1.64. The number of nitrogens with zero attached hydrogens (tertiary/aromatic N) is 4. The van der Waals surface area contributed by atoms with Crippen LogP contribution in [0.25, 0.3) is 10.2 Å². The lowest BCUT2D eigenvalue weighted by Crippen LogP contribution is -2.33. The quantitative estimate of drug-likeness (QED) is 0.485. The summed E-state index contributed by atoms with van der Waals surface area (Å²) in [7, 11) is 0. The number of fused-ring (bicyclic) bond motifs is 1. The van der Waals surface area contributed by atoms with Crippen LogP contribution >= 0.6 is 34.4 Å². The van der Waals surface area contributed by atoms with E-state index in [1.165, 1.54) is 47.3 Å². The Kier molecular flexibility index (Phi) is 6.18. The summed E-state index contributed by atoms with van der Waals surface area (Å²) in [6.07, 6.45) is 4.56. The fraction of sp³-hybridized carbons (Fsp3) is 0.389. The predicted molar refractivity (Wildman–Crippen MR) is 113 cm³/mol. The molecule has 7 nitrogen and oxygen atoms in total. The van der Waals surface area contributed by atoms with Crippen molar-refractivity contribution < 1.29 is 9.59 Å². The summed E-state index contributed by atoms with van der Waals surface area (Å²) in [4.78, 5) is 31.1. The van der Waals surface area contributed by atoms with Gasteiger partial charge in [0.15, 0.2) is 9.35 Å². The Labute approximate surface area is 174 Å². The van der Waals surface area contributed by atoms with E-state index in [2.05, 4.69) is 20.5 Å². The van der Waals surface area contributed by atoms with E-state index < -0.39 is 0 Å². The minimum absolute atomic E-state index is 0.141. The van der Waals surface area contributed by atoms with Crippen molar-refractivity contribution in [2.24, 2.45) is 0 Å². The molecule has 0 spiro atoms. The number of anilines is 1. The number of likely N-dealkylation sites (tertiary alicyclic amines) is 1. The van der Waals surface area contributed by atoms with Gasteiger partial charge >= 0.3 is 0 Å². The molecule has 0 aliphatic carbocycles. The Morgan fingerprint density at radius 3 is 2.64 bits per heavy atom. The van der Waals surface area contributed by atoms with Crippen LogP contribution in [0.2, 0.25) is 0 Å². The second-order valence-electron chi connectivity index (χ2n) is 6.40. The molecule has 146 valence electrons. The third-order valence-electron chi connectivity index (χ3n) is 4.39. The maximum absolute atomic E-state index is 12.4. The number of amides is 2. The number of thioether (sulfide) groups is 1. The first kappa shape index (κ1) is 19.3. The van der Waals surface area contributed by atoms with Crippen molar-refractivity contribution in [3.63, 3.8) is 0 Å². The maximum atomic E-state index is 12.4. The van der Waals surface area contributed by atoms with Gasteiger partial charge in [-0.3, -0.25) is 14.9 Å². The highest BCUT2D eigenvalue weighted by molar-refractivity contribution is 8.01. The summed E-state index contributed by atoms with van der Waals surface area (Å²) in [6, 6.07) is 7.63. The third-order valence-corrected chi connectivity index (χ3v) is 7.38. The van der Waals surface area contributed by atoms with Crippen LogP contribution in [0.1, 0.15) is 35.5 Å². The molecule has 0 radical (unpaired) electrons. The van der Waals surface area contributed by atoms with Crippen molar-refractivity contribution in [3.8, 4) is 0 Å². The number of thiazole rings is 1. The van der Waals surface area contributed by atoms with E-state index >= 15 is 0 Å². The molecule has 1 saturated heterocycles. The molecule has 0 saturated carbocycles. The number of aromatic nitrogens is 3. The van der Waals surface area contributed by atoms with Gasteiger partial charge in [-0.25, -0.2) is 4.98 Å². The lowest BCUT2D eigenvalue weighted by atomic mass is 10.2. The number of hydrogen-bond donors (Lipinski definition) is 1. The van der Waals surface area contributed by atoms with Crippen LogP contribution in [0.15, 0.2) is 28.6 Å². The molecule has 4 rings (SSSR count). The molecule has 0 unspecified atom stereocenters. The van der Waals surface area contributed by atoms with E-state index in [0.29, 0.717) is 20.2 Å². The SMILES string of the molecule is O=C(Nc1nnc(SCC(=O)N2CCCCCC2)s1)c1nc2ccccc2s1. The fourth-order valence-electron chi connectivity index (χ4n) is 2.97. The fourth-order valence-corrected chi connectivity index (χ4v) is 5.48. The molecule has 1 aromatic carbocycles. The zero-order valence-electron chi connectivity index (χ0n) is 15.1. The predicted octanol–water partition coefficient (Wildman–Crippen LogP) is 3.89. The monoisotopic (exact) mass is 433 g/mol. The molecule has 1 N–H and O–H groups in total. The number of para-hydroxylation sites is 1. The molecule has 0 bridgehead atoms. The lowest BCUT2D eigenvalue weighted by Gasteiger charge is -2.19. The second-order valence-corrected chi connectivity index (χ2v) is 9.63. The lowest BCUT2D eigenvalue weighted by molar-refractivity contribution is -0.128. The summed E-state index contributed by atoms with van der Waals surface area (Å²) in [5.41, 5.74) is 0.804. The minimum Gasteiger partial charge on any atom is -0.342 e. The summed E-state index contributed by atoms with van der Waals surface area (Å²) in [5, 5.41) is 11.6. The van der Waals surface area contributed by atoms with E-state index in [1.807, 2.05) is 29.2 Å². The molecular weight excluding hydrogens is 414 g/mol. The molecule has 10 heteroatoms. The van der Waals surface area contributed by atoms with Crippen molar-refractivity contribution in [3.05, 3.63) is 29.3 Å². The van der Waals surface area contributed by atoms with E-state index in [9.17, 15) is 9.59 Å². The Balaban J connectivity index is 1.32. The Morgan fingerprint density at radius 1 is 1.07 bits per heavy atom. The largest absolute Gasteiger partial charge is 0.342 e. The zero-order valence-corrected chi connectivity index (χ0v) is 17.5. The third kappa shape index (κ3) is 4.68. The molecule has 3 heterocycles. The smallest absolute Gasteiger partial charge is 0.286 e. The van der Waals surface area contributed by atoms with Crippen LogP contribution in [-0.2, 0) is 4.79 Å². The second kappa shape index (κ2) is 8.97. The normalized spacial score (nSPS) is 14.8. The van der Waals surface area contributed by atoms with Crippen LogP contribution < -0.4 is 5.32 Å². The highest BCUT2D eigenvalue weighted by atomic mass is 32.2. The van der Waals surface area contributed by atoms with Gasteiger partial charge in [0.2, 0.25) is 11.0 Å². The first-order valence-electron chi connectivity index (χ1n) is 9.10. The molecule has 2 aromatic heterocycles. The maximum Gasteiger partial charge on any atom is 0.286 e. The Morgan fingerprint density at radius 2 is 1.86 bits per heavy atom. The van der Waals surface area contributed by atoms with Gasteiger partial charge in [-0.05, 0) is 25.0 Å². The van der Waals surface area contributed by atoms with Gasteiger partial charge < -0.3 is 4.90 Å². The molecule has 3 aromatic rings. The summed E-state index contributed by atoms with van der Waals surface area (Å²) >= 11 is 3.98. The first-order chi connectivity index (χ1) is 13.7. The molecule has 1 aliphatic rings. The number of rotatable bonds is 5. The molecule has 28 heavy (non-hydrogen) atoms. The van der Waals surface area contributed by atoms with E-state index in [-0.39, 0.29) is 11.8 Å². The minimum atomic E-state index is -0.297. The Hall–Kier alpha value is -2.04. The van der Waals surface area contributed by atoms with Gasteiger partial charge in [-0.2, -0.15) is 0 Å². The number of carbonyl (C=O) groups excluding carboxylic acids is 2. The zero-order chi connectivity index (χ0) is 19.3. The van der Waals surface area contributed by atoms with Crippen molar-refractivity contribution in [1.82, 2.24) is 20.1 Å². The van der Waals surface area contributed by atoms with Crippen molar-refractivity contribution in [2.45, 2.75) is 30.0 Å². The number of benzene rings is 1. The topological polar surface area (TPSA) is 88.1 Å². The van der Waals surface area contributed by atoms with E-state index in [1.54, 1.807) is 0 Å². The van der Waals surface area contributed by atoms with Gasteiger partial charge in [0.25, 0.3) is 5.91 Å². The van der Waals surface area contributed by atoms with Crippen molar-refractivity contribution >= 4 is 61.6 Å². The molecule has 2 amide bonds. The van der Waals surface area contributed by atoms with Crippen LogP contribution in [0.4, 0.5) is 5.13 Å². The number of nitrogens with one attached hydrogen (secondary N) is 1. The molecule has 1 fully saturated rings. The van der Waals surface area contributed by atoms with Crippen molar-refractivity contribution in [2.75, 3.05) is 24.2 Å². The van der Waals surface area contributed by atoms with E-state index in [0.717, 1.165) is 36.1 Å². The molecule has 1 aliphatic heterocycles. The average Bonchev–Trinajstić information content (AvgIpc) is 3.24. The van der Waals surface area contributed by atoms with Crippen molar-refractivity contribution in [1.29, 1.82) is 0 Å². The van der Waals surface area contributed by atoms with Gasteiger partial charge in [0.05, 0.1) is 16.0 Å². The molecule has 0 atom stereocenters. The number of carbonyl (C=O) groups is 2. The molecular formula is C18H19N5O2S3.